The van der Waals surface area contributed by atoms with E-state index in [4.69, 9.17) is 0 Å². The fraction of sp³-hybridized carbons (Fsp3) is 0.643. The Morgan fingerprint density at radius 2 is 2.05 bits per heavy atom. The number of aromatic nitrogens is 2. The van der Waals surface area contributed by atoms with Gasteiger partial charge in [-0.3, -0.25) is 14.3 Å². The lowest BCUT2D eigenvalue weighted by atomic mass is 9.74. The number of carbonyl (C=O) groups excluding carboxylic acids is 1. The number of aliphatic carboxylic acids is 1. The molecule has 2 N–H and O–H groups in total. The zero-order valence-electron chi connectivity index (χ0n) is 12.0. The molecule has 2 rings (SSSR count). The minimum absolute atomic E-state index is 0.186. The smallest absolute Gasteiger partial charge is 0.311 e. The van der Waals surface area contributed by atoms with Gasteiger partial charge in [-0.1, -0.05) is 19.3 Å². The van der Waals surface area contributed by atoms with Gasteiger partial charge in [0.2, 0.25) is 0 Å². The second-order valence-corrected chi connectivity index (χ2v) is 5.62. The van der Waals surface area contributed by atoms with Gasteiger partial charge in [0.05, 0.1) is 11.1 Å². The maximum absolute atomic E-state index is 12.1. The molecule has 1 fully saturated rings. The van der Waals surface area contributed by atoms with Crippen LogP contribution in [0.1, 0.15) is 48.3 Å². The lowest BCUT2D eigenvalue weighted by Gasteiger charge is -2.33. The van der Waals surface area contributed by atoms with Crippen molar-refractivity contribution >= 4 is 11.9 Å². The zero-order chi connectivity index (χ0) is 14.8. The van der Waals surface area contributed by atoms with Crippen LogP contribution in [-0.4, -0.2) is 33.3 Å². The second kappa shape index (κ2) is 5.64. The molecule has 0 aliphatic heterocycles. The van der Waals surface area contributed by atoms with Crippen LogP contribution in [0.4, 0.5) is 0 Å². The first-order valence-electron chi connectivity index (χ1n) is 6.97. The molecule has 6 nitrogen and oxygen atoms in total. The van der Waals surface area contributed by atoms with Gasteiger partial charge in [0.1, 0.15) is 5.69 Å². The fourth-order valence-corrected chi connectivity index (χ4v) is 2.86. The van der Waals surface area contributed by atoms with Crippen LogP contribution in [0.5, 0.6) is 0 Å². The molecule has 0 atom stereocenters. The number of nitrogens with zero attached hydrogens (tertiary/aromatic N) is 2. The third kappa shape index (κ3) is 2.84. The molecule has 6 heteroatoms. The SMILES string of the molecule is Cc1cc(C(=O)NCC2(C(=O)O)CCCCC2)n(C)n1. The second-order valence-electron chi connectivity index (χ2n) is 5.62. The number of hydrogen-bond donors (Lipinski definition) is 2. The van der Waals surface area contributed by atoms with Crippen molar-refractivity contribution in [1.29, 1.82) is 0 Å². The number of nitrogens with one attached hydrogen (secondary N) is 1. The predicted molar refractivity (Wildman–Crippen MR) is 73.4 cm³/mol. The molecular formula is C14H21N3O3. The van der Waals surface area contributed by atoms with E-state index in [1.54, 1.807) is 13.1 Å². The van der Waals surface area contributed by atoms with E-state index in [0.717, 1.165) is 25.0 Å². The summed E-state index contributed by atoms with van der Waals surface area (Å²) in [4.78, 5) is 23.6. The van der Waals surface area contributed by atoms with Crippen LogP contribution in [0.25, 0.3) is 0 Å². The summed E-state index contributed by atoms with van der Waals surface area (Å²) in [5.41, 5.74) is 0.420. The average molecular weight is 279 g/mol. The topological polar surface area (TPSA) is 84.2 Å². The van der Waals surface area contributed by atoms with Gasteiger partial charge < -0.3 is 10.4 Å². The minimum atomic E-state index is -0.807. The molecule has 0 saturated heterocycles. The van der Waals surface area contributed by atoms with Crippen molar-refractivity contribution in [3.05, 3.63) is 17.5 Å². The zero-order valence-corrected chi connectivity index (χ0v) is 12.0. The molecule has 1 aromatic heterocycles. The molecule has 1 amide bonds. The molecule has 1 aromatic rings. The first kappa shape index (κ1) is 14.6. The van der Waals surface area contributed by atoms with Gasteiger partial charge in [-0.25, -0.2) is 0 Å². The number of carboxylic acid groups (broad SMARTS) is 1. The molecule has 0 spiro atoms. The van der Waals surface area contributed by atoms with E-state index >= 15 is 0 Å². The lowest BCUT2D eigenvalue weighted by Crippen LogP contribution is -2.44. The maximum Gasteiger partial charge on any atom is 0.311 e. The van der Waals surface area contributed by atoms with E-state index in [9.17, 15) is 14.7 Å². The van der Waals surface area contributed by atoms with Crippen molar-refractivity contribution in [1.82, 2.24) is 15.1 Å². The highest BCUT2D eigenvalue weighted by Gasteiger charge is 2.39. The van der Waals surface area contributed by atoms with Crippen molar-refractivity contribution in [3.63, 3.8) is 0 Å². The van der Waals surface area contributed by atoms with E-state index in [1.807, 2.05) is 6.92 Å². The Balaban J connectivity index is 2.04. The monoisotopic (exact) mass is 279 g/mol. The molecular weight excluding hydrogens is 258 g/mol. The van der Waals surface area contributed by atoms with Gasteiger partial charge in [0.15, 0.2) is 0 Å². The predicted octanol–water partition coefficient (Wildman–Crippen LogP) is 1.49. The molecule has 1 heterocycles. The third-order valence-electron chi connectivity index (χ3n) is 4.09. The van der Waals surface area contributed by atoms with Crippen LogP contribution in [-0.2, 0) is 11.8 Å². The van der Waals surface area contributed by atoms with Crippen molar-refractivity contribution < 1.29 is 14.7 Å². The first-order chi connectivity index (χ1) is 9.44. The largest absolute Gasteiger partial charge is 0.481 e. The van der Waals surface area contributed by atoms with Gasteiger partial charge >= 0.3 is 5.97 Å². The molecule has 0 bridgehead atoms. The summed E-state index contributed by atoms with van der Waals surface area (Å²) in [5.74, 6) is -1.07. The summed E-state index contributed by atoms with van der Waals surface area (Å²) >= 11 is 0. The normalized spacial score (nSPS) is 17.7. The van der Waals surface area contributed by atoms with Crippen LogP contribution in [0.15, 0.2) is 6.07 Å². The number of amides is 1. The highest BCUT2D eigenvalue weighted by atomic mass is 16.4. The van der Waals surface area contributed by atoms with Crippen LogP contribution < -0.4 is 5.32 Å². The summed E-state index contributed by atoms with van der Waals surface area (Å²) in [7, 11) is 1.70. The maximum atomic E-state index is 12.1. The number of carboxylic acids is 1. The highest BCUT2D eigenvalue weighted by Crippen LogP contribution is 2.36. The molecule has 110 valence electrons. The van der Waals surface area contributed by atoms with Gasteiger partial charge in [-0.15, -0.1) is 0 Å². The van der Waals surface area contributed by atoms with Crippen LogP contribution in [0.2, 0.25) is 0 Å². The summed E-state index contributed by atoms with van der Waals surface area (Å²) in [6.07, 6.45) is 4.16. The quantitative estimate of drug-likeness (QED) is 0.874. The van der Waals surface area contributed by atoms with E-state index in [1.165, 1.54) is 4.68 Å². The van der Waals surface area contributed by atoms with Crippen molar-refractivity contribution in [3.8, 4) is 0 Å². The molecule has 1 aliphatic rings. The standard InChI is InChI=1S/C14H21N3O3/c1-10-8-11(17(2)16-10)12(18)15-9-14(13(19)20)6-4-3-5-7-14/h8H,3-7,9H2,1-2H3,(H,15,18)(H,19,20). The molecule has 0 unspecified atom stereocenters. The molecule has 1 aliphatic carbocycles. The Kier molecular flexibility index (Phi) is 4.11. The summed E-state index contributed by atoms with van der Waals surface area (Å²) in [5, 5.41) is 16.3. The molecule has 20 heavy (non-hydrogen) atoms. The summed E-state index contributed by atoms with van der Waals surface area (Å²) < 4.78 is 1.51. The third-order valence-corrected chi connectivity index (χ3v) is 4.09. The van der Waals surface area contributed by atoms with E-state index < -0.39 is 11.4 Å². The Bertz CT molecular complexity index is 516. The van der Waals surface area contributed by atoms with E-state index in [-0.39, 0.29) is 12.5 Å². The number of carbonyl (C=O) groups is 2. The Morgan fingerprint density at radius 3 is 2.55 bits per heavy atom. The van der Waals surface area contributed by atoms with Gasteiger partial charge in [0, 0.05) is 13.6 Å². The Morgan fingerprint density at radius 1 is 1.40 bits per heavy atom. The Hall–Kier alpha value is -1.85. The van der Waals surface area contributed by atoms with Crippen molar-refractivity contribution in [2.45, 2.75) is 39.0 Å². The molecule has 1 saturated carbocycles. The average Bonchev–Trinajstić information content (AvgIpc) is 2.76. The summed E-state index contributed by atoms with van der Waals surface area (Å²) in [6, 6.07) is 1.70. The molecule has 0 radical (unpaired) electrons. The van der Waals surface area contributed by atoms with Crippen LogP contribution in [0, 0.1) is 12.3 Å². The lowest BCUT2D eigenvalue weighted by molar-refractivity contribution is -0.150. The van der Waals surface area contributed by atoms with E-state index in [2.05, 4.69) is 10.4 Å². The van der Waals surface area contributed by atoms with Crippen LogP contribution in [0.3, 0.4) is 0 Å². The highest BCUT2D eigenvalue weighted by molar-refractivity contribution is 5.93. The number of aryl methyl sites for hydroxylation is 2. The van der Waals surface area contributed by atoms with Crippen molar-refractivity contribution in [2.75, 3.05) is 6.54 Å². The summed E-state index contributed by atoms with van der Waals surface area (Å²) in [6.45, 7) is 2.00. The molecule has 0 aromatic carbocycles. The number of rotatable bonds is 4. The van der Waals surface area contributed by atoms with Crippen LogP contribution >= 0.6 is 0 Å². The number of hydrogen-bond acceptors (Lipinski definition) is 3. The van der Waals surface area contributed by atoms with Crippen molar-refractivity contribution in [2.24, 2.45) is 12.5 Å². The van der Waals surface area contributed by atoms with Gasteiger partial charge in [-0.05, 0) is 25.8 Å². The van der Waals surface area contributed by atoms with E-state index in [0.29, 0.717) is 18.5 Å². The first-order valence-corrected chi connectivity index (χ1v) is 6.97. The van der Waals surface area contributed by atoms with Gasteiger partial charge in [-0.2, -0.15) is 5.10 Å². The van der Waals surface area contributed by atoms with Gasteiger partial charge in [0.25, 0.3) is 5.91 Å². The minimum Gasteiger partial charge on any atom is -0.481 e. The Labute approximate surface area is 118 Å². The fourth-order valence-electron chi connectivity index (χ4n) is 2.86.